The van der Waals surface area contributed by atoms with Gasteiger partial charge in [-0.25, -0.2) is 8.78 Å². The zero-order valence-corrected chi connectivity index (χ0v) is 14.1. The minimum absolute atomic E-state index is 0.274. The van der Waals surface area contributed by atoms with E-state index in [0.29, 0.717) is 35.7 Å². The van der Waals surface area contributed by atoms with Gasteiger partial charge in [-0.15, -0.1) is 0 Å². The van der Waals surface area contributed by atoms with E-state index in [-0.39, 0.29) is 11.7 Å². The molecule has 1 atom stereocenters. The van der Waals surface area contributed by atoms with E-state index in [1.165, 1.54) is 24.4 Å². The Morgan fingerprint density at radius 1 is 1.16 bits per heavy atom. The van der Waals surface area contributed by atoms with Crippen LogP contribution < -0.4 is 10.2 Å². The summed E-state index contributed by atoms with van der Waals surface area (Å²) in [6.07, 6.45) is 1.46. The SMILES string of the molecule is CCN(CC)c1ccc(N=CC2C(=O)Nc3cc(F)ccc32)cc1F. The van der Waals surface area contributed by atoms with Gasteiger partial charge in [0.25, 0.3) is 0 Å². The van der Waals surface area contributed by atoms with Crippen molar-refractivity contribution in [3.05, 3.63) is 53.6 Å². The lowest BCUT2D eigenvalue weighted by atomic mass is 10.0. The van der Waals surface area contributed by atoms with Crippen LogP contribution in [0.1, 0.15) is 25.3 Å². The van der Waals surface area contributed by atoms with Crippen molar-refractivity contribution in [3.63, 3.8) is 0 Å². The second-order valence-corrected chi connectivity index (χ2v) is 5.78. The van der Waals surface area contributed by atoms with E-state index in [4.69, 9.17) is 0 Å². The lowest BCUT2D eigenvalue weighted by Gasteiger charge is -2.21. The summed E-state index contributed by atoms with van der Waals surface area (Å²) in [5.41, 5.74) is 2.07. The molecule has 3 rings (SSSR count). The summed E-state index contributed by atoms with van der Waals surface area (Å²) in [5, 5.41) is 2.62. The molecular formula is C19H19F2N3O. The number of carbonyl (C=O) groups excluding carboxylic acids is 1. The number of rotatable bonds is 5. The Labute approximate surface area is 145 Å². The molecule has 0 aliphatic carbocycles. The number of amides is 1. The summed E-state index contributed by atoms with van der Waals surface area (Å²) < 4.78 is 27.5. The molecule has 1 heterocycles. The number of nitrogens with zero attached hydrogens (tertiary/aromatic N) is 2. The molecule has 0 saturated carbocycles. The fourth-order valence-electron chi connectivity index (χ4n) is 2.97. The molecule has 2 aromatic carbocycles. The Balaban J connectivity index is 1.83. The van der Waals surface area contributed by atoms with Crippen molar-refractivity contribution in [2.45, 2.75) is 19.8 Å². The van der Waals surface area contributed by atoms with Gasteiger partial charge in [0.15, 0.2) is 0 Å². The molecule has 1 aliphatic rings. The number of anilines is 2. The third-order valence-electron chi connectivity index (χ3n) is 4.30. The van der Waals surface area contributed by atoms with Crippen molar-refractivity contribution in [1.82, 2.24) is 0 Å². The van der Waals surface area contributed by atoms with Gasteiger partial charge in [-0.05, 0) is 43.7 Å². The maximum Gasteiger partial charge on any atom is 0.237 e. The first kappa shape index (κ1) is 17.1. The fourth-order valence-corrected chi connectivity index (χ4v) is 2.97. The average Bonchev–Trinajstić information content (AvgIpc) is 2.90. The fraction of sp³-hybridized carbons (Fsp3) is 0.263. The van der Waals surface area contributed by atoms with Gasteiger partial charge in [-0.2, -0.15) is 0 Å². The van der Waals surface area contributed by atoms with Crippen molar-refractivity contribution in [2.24, 2.45) is 4.99 Å². The minimum atomic E-state index is -0.610. The average molecular weight is 343 g/mol. The summed E-state index contributed by atoms with van der Waals surface area (Å²) in [6, 6.07) is 8.89. The van der Waals surface area contributed by atoms with Gasteiger partial charge in [0.1, 0.15) is 17.6 Å². The van der Waals surface area contributed by atoms with Crippen molar-refractivity contribution in [2.75, 3.05) is 23.3 Å². The number of carbonyl (C=O) groups is 1. The highest BCUT2D eigenvalue weighted by atomic mass is 19.1. The van der Waals surface area contributed by atoms with Crippen molar-refractivity contribution in [1.29, 1.82) is 0 Å². The van der Waals surface area contributed by atoms with Crippen LogP contribution >= 0.6 is 0 Å². The summed E-state index contributed by atoms with van der Waals surface area (Å²) in [5.74, 6) is -1.65. The van der Waals surface area contributed by atoms with E-state index in [0.717, 1.165) is 0 Å². The minimum Gasteiger partial charge on any atom is -0.370 e. The van der Waals surface area contributed by atoms with Crippen LogP contribution in [0, 0.1) is 11.6 Å². The van der Waals surface area contributed by atoms with Crippen LogP contribution in [-0.4, -0.2) is 25.2 Å². The molecule has 1 aliphatic heterocycles. The molecule has 1 unspecified atom stereocenters. The lowest BCUT2D eigenvalue weighted by Crippen LogP contribution is -2.22. The maximum absolute atomic E-state index is 14.3. The van der Waals surface area contributed by atoms with E-state index >= 15 is 0 Å². The Morgan fingerprint density at radius 3 is 2.60 bits per heavy atom. The smallest absolute Gasteiger partial charge is 0.237 e. The summed E-state index contributed by atoms with van der Waals surface area (Å²) in [4.78, 5) is 18.2. The van der Waals surface area contributed by atoms with Crippen LogP contribution in [0.25, 0.3) is 0 Å². The number of halogens is 2. The molecule has 0 fully saturated rings. The first-order valence-corrected chi connectivity index (χ1v) is 8.22. The molecule has 0 spiro atoms. The third kappa shape index (κ3) is 3.38. The summed E-state index contributed by atoms with van der Waals surface area (Å²) in [6.45, 7) is 5.36. The monoisotopic (exact) mass is 343 g/mol. The Morgan fingerprint density at radius 2 is 1.92 bits per heavy atom. The molecular weight excluding hydrogens is 324 g/mol. The predicted octanol–water partition coefficient (Wildman–Crippen LogP) is 4.25. The van der Waals surface area contributed by atoms with E-state index in [9.17, 15) is 13.6 Å². The van der Waals surface area contributed by atoms with Gasteiger partial charge in [0.05, 0.1) is 11.4 Å². The van der Waals surface area contributed by atoms with Crippen LogP contribution in [-0.2, 0) is 4.79 Å². The van der Waals surface area contributed by atoms with Crippen LogP contribution in [0.2, 0.25) is 0 Å². The normalized spacial score (nSPS) is 16.2. The highest BCUT2D eigenvalue weighted by molar-refractivity contribution is 6.12. The largest absolute Gasteiger partial charge is 0.370 e. The third-order valence-corrected chi connectivity index (χ3v) is 4.30. The van der Waals surface area contributed by atoms with Gasteiger partial charge >= 0.3 is 0 Å². The van der Waals surface area contributed by atoms with Gasteiger partial charge < -0.3 is 10.2 Å². The number of aliphatic imine (C=N–C) groups is 1. The standard InChI is InChI=1S/C19H19F2N3O/c1-3-24(4-2)18-8-6-13(10-16(18)21)22-11-15-14-7-5-12(20)9-17(14)23-19(15)25/h5-11,15H,3-4H2,1-2H3,(H,23,25). The highest BCUT2D eigenvalue weighted by Crippen LogP contribution is 2.32. The van der Waals surface area contributed by atoms with Gasteiger partial charge in [-0.1, -0.05) is 6.07 Å². The topological polar surface area (TPSA) is 44.7 Å². The van der Waals surface area contributed by atoms with Crippen LogP contribution in [0.4, 0.5) is 25.8 Å². The van der Waals surface area contributed by atoms with Crippen LogP contribution in [0.3, 0.4) is 0 Å². The zero-order chi connectivity index (χ0) is 18.0. The van der Waals surface area contributed by atoms with E-state index in [2.05, 4.69) is 10.3 Å². The molecule has 1 N–H and O–H groups in total. The summed E-state index contributed by atoms with van der Waals surface area (Å²) in [7, 11) is 0. The molecule has 1 amide bonds. The first-order valence-electron chi connectivity index (χ1n) is 8.22. The highest BCUT2D eigenvalue weighted by Gasteiger charge is 2.29. The molecule has 2 aromatic rings. The predicted molar refractivity (Wildman–Crippen MR) is 95.9 cm³/mol. The van der Waals surface area contributed by atoms with Gasteiger partial charge in [-0.3, -0.25) is 9.79 Å². The van der Waals surface area contributed by atoms with Crippen LogP contribution in [0.15, 0.2) is 41.4 Å². The molecule has 4 nitrogen and oxygen atoms in total. The van der Waals surface area contributed by atoms with Gasteiger partial charge in [0.2, 0.25) is 5.91 Å². The summed E-state index contributed by atoms with van der Waals surface area (Å²) >= 11 is 0. The van der Waals surface area contributed by atoms with Gasteiger partial charge in [0, 0.05) is 31.1 Å². The zero-order valence-electron chi connectivity index (χ0n) is 14.1. The molecule has 0 aromatic heterocycles. The molecule has 0 bridgehead atoms. The Bertz CT molecular complexity index is 831. The number of hydrogen-bond donors (Lipinski definition) is 1. The number of nitrogens with one attached hydrogen (secondary N) is 1. The van der Waals surface area contributed by atoms with Crippen molar-refractivity contribution < 1.29 is 13.6 Å². The van der Waals surface area contributed by atoms with E-state index in [1.54, 1.807) is 18.2 Å². The maximum atomic E-state index is 14.3. The second-order valence-electron chi connectivity index (χ2n) is 5.78. The molecule has 0 saturated heterocycles. The molecule has 130 valence electrons. The van der Waals surface area contributed by atoms with Crippen molar-refractivity contribution >= 4 is 29.2 Å². The quantitative estimate of drug-likeness (QED) is 0.825. The molecule has 0 radical (unpaired) electrons. The number of benzene rings is 2. The lowest BCUT2D eigenvalue weighted by molar-refractivity contribution is -0.115. The van der Waals surface area contributed by atoms with E-state index in [1.807, 2.05) is 18.7 Å². The molecule has 25 heavy (non-hydrogen) atoms. The number of hydrogen-bond acceptors (Lipinski definition) is 3. The van der Waals surface area contributed by atoms with Crippen molar-refractivity contribution in [3.8, 4) is 0 Å². The Hall–Kier alpha value is -2.76. The van der Waals surface area contributed by atoms with E-state index < -0.39 is 11.7 Å². The second kappa shape index (κ2) is 7.01. The van der Waals surface area contributed by atoms with Crippen LogP contribution in [0.5, 0.6) is 0 Å². The Kier molecular flexibility index (Phi) is 4.79. The number of fused-ring (bicyclic) bond motifs is 1. The molecule has 6 heteroatoms. The first-order chi connectivity index (χ1) is 12.0.